The van der Waals surface area contributed by atoms with Gasteiger partial charge in [-0.3, -0.25) is 0 Å². The van der Waals surface area contributed by atoms with Crippen LogP contribution in [0.4, 0.5) is 5.69 Å². The lowest BCUT2D eigenvalue weighted by Gasteiger charge is -2.13. The van der Waals surface area contributed by atoms with Gasteiger partial charge in [-0.25, -0.2) is 4.98 Å². The third-order valence-corrected chi connectivity index (χ3v) is 2.92. The first-order valence-corrected chi connectivity index (χ1v) is 5.88. The molecular formula is C14H14N2O2. The summed E-state index contributed by atoms with van der Waals surface area (Å²) in [5.41, 5.74) is 3.82. The molecule has 1 atom stereocenters. The lowest BCUT2D eigenvalue weighted by Crippen LogP contribution is -2.05. The molecule has 0 fully saturated rings. The van der Waals surface area contributed by atoms with Crippen LogP contribution in [0.3, 0.4) is 0 Å². The molecule has 1 unspecified atom stereocenters. The van der Waals surface area contributed by atoms with Crippen LogP contribution in [-0.2, 0) is 0 Å². The maximum absolute atomic E-state index is 5.45. The number of anilines is 1. The van der Waals surface area contributed by atoms with Crippen LogP contribution in [0.5, 0.6) is 0 Å². The van der Waals surface area contributed by atoms with Gasteiger partial charge >= 0.3 is 0 Å². The third kappa shape index (κ3) is 1.97. The Balaban J connectivity index is 1.86. The van der Waals surface area contributed by atoms with Crippen LogP contribution >= 0.6 is 0 Å². The number of oxazole rings is 1. The van der Waals surface area contributed by atoms with Crippen LogP contribution in [0.25, 0.3) is 11.1 Å². The molecule has 92 valence electrons. The molecule has 18 heavy (non-hydrogen) atoms. The Morgan fingerprint density at radius 2 is 2.17 bits per heavy atom. The Labute approximate surface area is 105 Å². The summed E-state index contributed by atoms with van der Waals surface area (Å²) < 4.78 is 10.5. The number of hydrogen-bond donors (Lipinski definition) is 1. The van der Waals surface area contributed by atoms with Gasteiger partial charge in [0.05, 0.1) is 18.6 Å². The quantitative estimate of drug-likeness (QED) is 0.756. The lowest BCUT2D eigenvalue weighted by atomic mass is 10.1. The SMILES string of the molecule is Cc1nc2cc(NC(C)c3ccoc3)ccc2o1. The molecule has 2 heterocycles. The normalized spacial score (nSPS) is 12.8. The molecule has 1 N–H and O–H groups in total. The number of fused-ring (bicyclic) bond motifs is 1. The molecule has 0 spiro atoms. The third-order valence-electron chi connectivity index (χ3n) is 2.92. The van der Waals surface area contributed by atoms with Gasteiger partial charge in [0.2, 0.25) is 0 Å². The highest BCUT2D eigenvalue weighted by atomic mass is 16.3. The largest absolute Gasteiger partial charge is 0.472 e. The summed E-state index contributed by atoms with van der Waals surface area (Å²) >= 11 is 0. The molecule has 4 nitrogen and oxygen atoms in total. The molecule has 2 aromatic heterocycles. The van der Waals surface area contributed by atoms with Crippen LogP contribution in [0, 0.1) is 6.92 Å². The zero-order chi connectivity index (χ0) is 12.5. The fourth-order valence-corrected chi connectivity index (χ4v) is 1.99. The van der Waals surface area contributed by atoms with Gasteiger partial charge in [-0.05, 0) is 31.2 Å². The number of furan rings is 1. The van der Waals surface area contributed by atoms with E-state index in [-0.39, 0.29) is 6.04 Å². The second-order valence-corrected chi connectivity index (χ2v) is 4.34. The van der Waals surface area contributed by atoms with Crippen LogP contribution in [0.1, 0.15) is 24.4 Å². The smallest absolute Gasteiger partial charge is 0.192 e. The number of nitrogens with zero attached hydrogens (tertiary/aromatic N) is 1. The summed E-state index contributed by atoms with van der Waals surface area (Å²) in [6, 6.07) is 8.05. The second-order valence-electron chi connectivity index (χ2n) is 4.34. The molecule has 3 aromatic rings. The number of hydrogen-bond acceptors (Lipinski definition) is 4. The molecule has 0 aliphatic carbocycles. The van der Waals surface area contributed by atoms with Gasteiger partial charge in [0.1, 0.15) is 5.52 Å². The summed E-state index contributed by atoms with van der Waals surface area (Å²) in [6.07, 6.45) is 3.42. The van der Waals surface area contributed by atoms with E-state index in [0.29, 0.717) is 5.89 Å². The molecule has 3 rings (SSSR count). The molecule has 1 aromatic carbocycles. The van der Waals surface area contributed by atoms with Crippen molar-refractivity contribution in [2.24, 2.45) is 0 Å². The predicted molar refractivity (Wildman–Crippen MR) is 69.5 cm³/mol. The zero-order valence-electron chi connectivity index (χ0n) is 10.3. The van der Waals surface area contributed by atoms with Crippen molar-refractivity contribution in [1.29, 1.82) is 0 Å². The first-order chi connectivity index (χ1) is 8.72. The Morgan fingerprint density at radius 1 is 1.28 bits per heavy atom. The fourth-order valence-electron chi connectivity index (χ4n) is 1.99. The number of nitrogens with one attached hydrogen (secondary N) is 1. The zero-order valence-corrected chi connectivity index (χ0v) is 10.3. The Bertz CT molecular complexity index is 656. The number of benzene rings is 1. The monoisotopic (exact) mass is 242 g/mol. The lowest BCUT2D eigenvalue weighted by molar-refractivity contribution is 0.561. The van der Waals surface area contributed by atoms with Crippen LogP contribution < -0.4 is 5.32 Å². The molecule has 0 aliphatic rings. The van der Waals surface area contributed by atoms with Crippen molar-refractivity contribution in [2.75, 3.05) is 5.32 Å². The summed E-state index contributed by atoms with van der Waals surface area (Å²) in [6.45, 7) is 3.93. The highest BCUT2D eigenvalue weighted by Gasteiger charge is 2.08. The molecule has 0 saturated carbocycles. The van der Waals surface area contributed by atoms with E-state index in [4.69, 9.17) is 8.83 Å². The molecule has 0 saturated heterocycles. The minimum absolute atomic E-state index is 0.189. The minimum Gasteiger partial charge on any atom is -0.472 e. The van der Waals surface area contributed by atoms with E-state index >= 15 is 0 Å². The maximum atomic E-state index is 5.45. The van der Waals surface area contributed by atoms with E-state index in [0.717, 1.165) is 22.4 Å². The Kier molecular flexibility index (Phi) is 2.55. The topological polar surface area (TPSA) is 51.2 Å². The molecule has 0 aliphatic heterocycles. The van der Waals surface area contributed by atoms with Gasteiger partial charge in [-0.2, -0.15) is 0 Å². The molecule has 0 radical (unpaired) electrons. The van der Waals surface area contributed by atoms with E-state index in [1.54, 1.807) is 12.5 Å². The van der Waals surface area contributed by atoms with E-state index in [1.807, 2.05) is 31.2 Å². The van der Waals surface area contributed by atoms with E-state index in [9.17, 15) is 0 Å². The molecule has 0 amide bonds. The van der Waals surface area contributed by atoms with Crippen LogP contribution in [0.2, 0.25) is 0 Å². The highest BCUT2D eigenvalue weighted by Crippen LogP contribution is 2.23. The number of aromatic nitrogens is 1. The molecule has 4 heteroatoms. The predicted octanol–water partition coefficient (Wildman–Crippen LogP) is 3.90. The number of aryl methyl sites for hydroxylation is 1. The molecule has 0 bridgehead atoms. The van der Waals surface area contributed by atoms with Gasteiger partial charge in [-0.15, -0.1) is 0 Å². The minimum atomic E-state index is 0.189. The average Bonchev–Trinajstić information content (AvgIpc) is 2.95. The first kappa shape index (κ1) is 10.9. The first-order valence-electron chi connectivity index (χ1n) is 5.88. The van der Waals surface area contributed by atoms with Crippen molar-refractivity contribution >= 4 is 16.8 Å². The molecular weight excluding hydrogens is 228 g/mol. The van der Waals surface area contributed by atoms with Crippen molar-refractivity contribution in [1.82, 2.24) is 4.98 Å². The fraction of sp³-hybridized carbons (Fsp3) is 0.214. The van der Waals surface area contributed by atoms with E-state index in [1.165, 1.54) is 0 Å². The van der Waals surface area contributed by atoms with E-state index in [2.05, 4.69) is 17.2 Å². The van der Waals surface area contributed by atoms with Gasteiger partial charge in [-0.1, -0.05) is 0 Å². The van der Waals surface area contributed by atoms with Crippen molar-refractivity contribution in [3.05, 3.63) is 48.2 Å². The van der Waals surface area contributed by atoms with Gasteiger partial charge in [0.25, 0.3) is 0 Å². The summed E-state index contributed by atoms with van der Waals surface area (Å²) in [7, 11) is 0. The highest BCUT2D eigenvalue weighted by molar-refractivity contribution is 5.77. The van der Waals surface area contributed by atoms with E-state index < -0.39 is 0 Å². The summed E-state index contributed by atoms with van der Waals surface area (Å²) in [5, 5.41) is 3.40. The Hall–Kier alpha value is -2.23. The summed E-state index contributed by atoms with van der Waals surface area (Å²) in [5.74, 6) is 0.685. The van der Waals surface area contributed by atoms with Crippen molar-refractivity contribution in [3.63, 3.8) is 0 Å². The van der Waals surface area contributed by atoms with Crippen LogP contribution in [0.15, 0.2) is 45.6 Å². The van der Waals surface area contributed by atoms with Gasteiger partial charge in [0.15, 0.2) is 11.5 Å². The van der Waals surface area contributed by atoms with Crippen molar-refractivity contribution < 1.29 is 8.83 Å². The second kappa shape index (κ2) is 4.22. The Morgan fingerprint density at radius 3 is 2.94 bits per heavy atom. The summed E-state index contributed by atoms with van der Waals surface area (Å²) in [4.78, 5) is 4.32. The number of rotatable bonds is 3. The van der Waals surface area contributed by atoms with Crippen molar-refractivity contribution in [3.8, 4) is 0 Å². The van der Waals surface area contributed by atoms with Crippen molar-refractivity contribution in [2.45, 2.75) is 19.9 Å². The maximum Gasteiger partial charge on any atom is 0.192 e. The van der Waals surface area contributed by atoms with Crippen LogP contribution in [-0.4, -0.2) is 4.98 Å². The van der Waals surface area contributed by atoms with Gasteiger partial charge in [0, 0.05) is 18.2 Å². The average molecular weight is 242 g/mol. The van der Waals surface area contributed by atoms with Gasteiger partial charge < -0.3 is 14.2 Å². The standard InChI is InChI=1S/C14H14N2O2/c1-9(11-5-6-17-8-11)15-12-3-4-14-13(7-12)16-10(2)18-14/h3-9,15H,1-2H3.